The summed E-state index contributed by atoms with van der Waals surface area (Å²) >= 11 is 6.14. The highest BCUT2D eigenvalue weighted by Crippen LogP contribution is 2.24. The number of hydrogen-bond donors (Lipinski definition) is 1. The molecule has 20 heavy (non-hydrogen) atoms. The van der Waals surface area contributed by atoms with Gasteiger partial charge in [-0.3, -0.25) is 0 Å². The highest BCUT2D eigenvalue weighted by atomic mass is 35.5. The molecule has 1 N–H and O–H groups in total. The van der Waals surface area contributed by atoms with E-state index in [1.165, 1.54) is 49.8 Å². The molecule has 0 bridgehead atoms. The van der Waals surface area contributed by atoms with E-state index in [0.717, 1.165) is 18.4 Å². The lowest BCUT2D eigenvalue weighted by Crippen LogP contribution is -2.30. The van der Waals surface area contributed by atoms with Crippen LogP contribution in [0.3, 0.4) is 0 Å². The fourth-order valence-electron chi connectivity index (χ4n) is 2.86. The summed E-state index contributed by atoms with van der Waals surface area (Å²) in [7, 11) is 1.99. The zero-order valence-corrected chi connectivity index (χ0v) is 12.8. The third kappa shape index (κ3) is 4.32. The lowest BCUT2D eigenvalue weighted by Gasteiger charge is -2.22. The van der Waals surface area contributed by atoms with E-state index < -0.39 is 0 Å². The molecule has 0 saturated carbocycles. The maximum atomic E-state index is 13.1. The molecule has 0 saturated heterocycles. The molecule has 1 atom stereocenters. The van der Waals surface area contributed by atoms with Gasteiger partial charge in [-0.25, -0.2) is 4.39 Å². The number of likely N-dealkylation sites (N-methyl/N-ethyl adjacent to an activating group) is 1. The third-order valence-electron chi connectivity index (χ3n) is 4.06. The predicted octanol–water partition coefficient (Wildman–Crippen LogP) is 4.89. The largest absolute Gasteiger partial charge is 0.313 e. The Bertz CT molecular complexity index is 470. The first kappa shape index (κ1) is 15.5. The van der Waals surface area contributed by atoms with Gasteiger partial charge < -0.3 is 5.32 Å². The number of benzene rings is 1. The average Bonchev–Trinajstić information content (AvgIpc) is 2.39. The van der Waals surface area contributed by atoms with Gasteiger partial charge in [-0.15, -0.1) is 0 Å². The predicted molar refractivity (Wildman–Crippen MR) is 83.7 cm³/mol. The van der Waals surface area contributed by atoms with E-state index in [4.69, 9.17) is 11.6 Å². The molecule has 0 heterocycles. The smallest absolute Gasteiger partial charge is 0.124 e. The summed E-state index contributed by atoms with van der Waals surface area (Å²) in [5.74, 6) is -0.273. The Morgan fingerprint density at radius 2 is 2.05 bits per heavy atom. The van der Waals surface area contributed by atoms with Crippen LogP contribution in [0.25, 0.3) is 0 Å². The lowest BCUT2D eigenvalue weighted by molar-refractivity contribution is 0.557. The molecule has 0 amide bonds. The van der Waals surface area contributed by atoms with Crippen molar-refractivity contribution >= 4 is 11.6 Å². The van der Waals surface area contributed by atoms with Gasteiger partial charge in [0, 0.05) is 11.1 Å². The summed E-state index contributed by atoms with van der Waals surface area (Å²) < 4.78 is 13.1. The average molecular weight is 296 g/mol. The minimum Gasteiger partial charge on any atom is -0.313 e. The van der Waals surface area contributed by atoms with E-state index in [9.17, 15) is 4.39 Å². The van der Waals surface area contributed by atoms with E-state index >= 15 is 0 Å². The number of rotatable bonds is 4. The molecule has 1 aliphatic carbocycles. The Hall–Kier alpha value is -0.860. The molecular weight excluding hydrogens is 273 g/mol. The molecule has 0 aromatic heterocycles. The molecule has 110 valence electrons. The van der Waals surface area contributed by atoms with Crippen molar-refractivity contribution in [3.8, 4) is 0 Å². The van der Waals surface area contributed by atoms with Crippen LogP contribution in [0.15, 0.2) is 29.8 Å². The van der Waals surface area contributed by atoms with Crippen LogP contribution in [-0.4, -0.2) is 13.1 Å². The van der Waals surface area contributed by atoms with E-state index in [2.05, 4.69) is 11.4 Å². The van der Waals surface area contributed by atoms with Gasteiger partial charge in [0.15, 0.2) is 0 Å². The molecule has 1 aliphatic rings. The van der Waals surface area contributed by atoms with Crippen molar-refractivity contribution in [3.63, 3.8) is 0 Å². The first-order valence-electron chi connectivity index (χ1n) is 7.51. The zero-order valence-electron chi connectivity index (χ0n) is 12.1. The highest BCUT2D eigenvalue weighted by molar-refractivity contribution is 6.31. The van der Waals surface area contributed by atoms with Crippen molar-refractivity contribution < 1.29 is 4.39 Å². The Labute approximate surface area is 126 Å². The molecule has 3 heteroatoms. The standard InChI is InChI=1S/C17H23ClFN/c1-20-17(13-7-5-3-2-4-6-8-13)11-14-9-10-15(19)12-16(14)18/h7,9-10,12,17,20H,2-6,8,11H2,1H3/b13-7+. The van der Waals surface area contributed by atoms with Gasteiger partial charge in [0.05, 0.1) is 0 Å². The van der Waals surface area contributed by atoms with Gasteiger partial charge in [0.1, 0.15) is 5.82 Å². The van der Waals surface area contributed by atoms with E-state index in [1.807, 2.05) is 7.05 Å². The summed E-state index contributed by atoms with van der Waals surface area (Å²) in [5, 5.41) is 3.91. The molecule has 0 aliphatic heterocycles. The molecule has 1 aromatic carbocycles. The van der Waals surface area contributed by atoms with Crippen molar-refractivity contribution in [1.82, 2.24) is 5.32 Å². The second kappa shape index (κ2) is 7.80. The molecule has 1 nitrogen and oxygen atoms in total. The van der Waals surface area contributed by atoms with Crippen LogP contribution < -0.4 is 5.32 Å². The van der Waals surface area contributed by atoms with Gasteiger partial charge in [-0.1, -0.05) is 42.2 Å². The fraction of sp³-hybridized carbons (Fsp3) is 0.529. The normalized spacial score (nSPS) is 20.6. The van der Waals surface area contributed by atoms with Crippen molar-refractivity contribution in [2.24, 2.45) is 0 Å². The van der Waals surface area contributed by atoms with Crippen molar-refractivity contribution in [2.75, 3.05) is 7.05 Å². The summed E-state index contributed by atoms with van der Waals surface area (Å²) in [4.78, 5) is 0. The number of nitrogens with one attached hydrogen (secondary N) is 1. The molecule has 0 spiro atoms. The minimum atomic E-state index is -0.273. The first-order valence-corrected chi connectivity index (χ1v) is 7.88. The number of allylic oxidation sites excluding steroid dienone is 1. The lowest BCUT2D eigenvalue weighted by atomic mass is 9.91. The third-order valence-corrected chi connectivity index (χ3v) is 4.41. The Kier molecular flexibility index (Phi) is 6.06. The van der Waals surface area contributed by atoms with Crippen LogP contribution in [-0.2, 0) is 6.42 Å². The molecule has 0 fully saturated rings. The van der Waals surface area contributed by atoms with Crippen molar-refractivity contribution in [2.45, 2.75) is 51.0 Å². The molecule has 1 aromatic rings. The van der Waals surface area contributed by atoms with E-state index in [1.54, 1.807) is 6.07 Å². The zero-order chi connectivity index (χ0) is 14.4. The second-order valence-corrected chi connectivity index (χ2v) is 5.92. The summed E-state index contributed by atoms with van der Waals surface area (Å²) in [6, 6.07) is 4.98. The molecule has 1 unspecified atom stereocenters. The maximum absolute atomic E-state index is 13.1. The topological polar surface area (TPSA) is 12.0 Å². The second-order valence-electron chi connectivity index (χ2n) is 5.51. The number of hydrogen-bond acceptors (Lipinski definition) is 1. The van der Waals surface area contributed by atoms with Crippen LogP contribution in [0, 0.1) is 5.82 Å². The summed E-state index contributed by atoms with van der Waals surface area (Å²) in [5.41, 5.74) is 2.49. The van der Waals surface area contributed by atoms with Crippen LogP contribution in [0.4, 0.5) is 4.39 Å². The van der Waals surface area contributed by atoms with Crippen LogP contribution >= 0.6 is 11.6 Å². The Balaban J connectivity index is 2.11. The maximum Gasteiger partial charge on any atom is 0.124 e. The summed E-state index contributed by atoms with van der Waals surface area (Å²) in [6.45, 7) is 0. The quantitative estimate of drug-likeness (QED) is 0.780. The Morgan fingerprint density at radius 3 is 2.80 bits per heavy atom. The van der Waals surface area contributed by atoms with Gasteiger partial charge in [0.25, 0.3) is 0 Å². The van der Waals surface area contributed by atoms with Crippen molar-refractivity contribution in [3.05, 3.63) is 46.3 Å². The van der Waals surface area contributed by atoms with Gasteiger partial charge >= 0.3 is 0 Å². The SMILES string of the molecule is CNC(Cc1ccc(F)cc1Cl)/C1=C/CCCCCC1. The van der Waals surface area contributed by atoms with Crippen LogP contribution in [0.1, 0.15) is 44.1 Å². The molecule has 2 rings (SSSR count). The monoisotopic (exact) mass is 295 g/mol. The van der Waals surface area contributed by atoms with Crippen molar-refractivity contribution in [1.29, 1.82) is 0 Å². The molecule has 0 radical (unpaired) electrons. The summed E-state index contributed by atoms with van der Waals surface area (Å²) in [6.07, 6.45) is 10.8. The Morgan fingerprint density at radius 1 is 1.25 bits per heavy atom. The van der Waals surface area contributed by atoms with Gasteiger partial charge in [-0.2, -0.15) is 0 Å². The minimum absolute atomic E-state index is 0.273. The fourth-order valence-corrected chi connectivity index (χ4v) is 3.10. The first-order chi connectivity index (χ1) is 9.70. The van der Waals surface area contributed by atoms with E-state index in [-0.39, 0.29) is 5.82 Å². The number of halogens is 2. The van der Waals surface area contributed by atoms with Gasteiger partial charge in [0.2, 0.25) is 0 Å². The van der Waals surface area contributed by atoms with Crippen LogP contribution in [0.5, 0.6) is 0 Å². The van der Waals surface area contributed by atoms with Gasteiger partial charge in [-0.05, 0) is 56.8 Å². The molecular formula is C17H23ClFN. The van der Waals surface area contributed by atoms with E-state index in [0.29, 0.717) is 11.1 Å². The highest BCUT2D eigenvalue weighted by Gasteiger charge is 2.15. The van der Waals surface area contributed by atoms with Crippen LogP contribution in [0.2, 0.25) is 5.02 Å².